The highest BCUT2D eigenvalue weighted by Crippen LogP contribution is 2.29. The van der Waals surface area contributed by atoms with Crippen molar-refractivity contribution in [3.8, 4) is 0 Å². The van der Waals surface area contributed by atoms with E-state index in [4.69, 9.17) is 10.6 Å². The topological polar surface area (TPSA) is 189 Å². The molecule has 1 aromatic rings. The number of ether oxygens (including phenoxy) is 1. The number of rotatable bonds is 17. The molecule has 3 rings (SSSR count). The lowest BCUT2D eigenvalue weighted by Gasteiger charge is -2.29. The van der Waals surface area contributed by atoms with E-state index in [0.29, 0.717) is 37.8 Å². The number of nitrogens with zero attached hydrogens (tertiary/aromatic N) is 2. The minimum Gasteiger partial charge on any atom is -0.379 e. The van der Waals surface area contributed by atoms with Crippen LogP contribution in [0.4, 0.5) is 0 Å². The molecule has 6 atom stereocenters. The van der Waals surface area contributed by atoms with Gasteiger partial charge in [-0.2, -0.15) is 0 Å². The molecule has 1 aromatic carbocycles. The van der Waals surface area contributed by atoms with E-state index in [2.05, 4.69) is 61.8 Å². The number of amides is 1. The smallest absolute Gasteiger partial charge is 0.251 e. The van der Waals surface area contributed by atoms with E-state index in [0.717, 1.165) is 43.2 Å². The number of hydrogen-bond acceptors (Lipinski definition) is 12. The Balaban J connectivity index is -0.000000195. The van der Waals surface area contributed by atoms with Gasteiger partial charge in [0.1, 0.15) is 31.9 Å². The minimum absolute atomic E-state index is 0.00412. The number of ketones is 1. The average Bonchev–Trinajstić information content (AvgIpc) is 3.98. The lowest BCUT2D eigenvalue weighted by molar-refractivity contribution is -0.123. The predicted octanol–water partition coefficient (Wildman–Crippen LogP) is 4.60. The number of hydrazine groups is 1. The highest BCUT2D eigenvalue weighted by molar-refractivity contribution is 6.50. The number of carbonyl (C=O) groups is 5. The molecule has 0 spiro atoms. The minimum atomic E-state index is -0.276. The van der Waals surface area contributed by atoms with Gasteiger partial charge >= 0.3 is 0 Å². The molecule has 0 aliphatic carbocycles. The lowest BCUT2D eigenvalue weighted by Crippen LogP contribution is -2.46. The summed E-state index contributed by atoms with van der Waals surface area (Å²) in [5.41, 5.74) is 7.74. The highest BCUT2D eigenvalue weighted by Gasteiger charge is 2.32. The molecule has 7 N–H and O–H groups in total. The molecule has 1 radical (unpaired) electrons. The maximum Gasteiger partial charge on any atom is 0.251 e. The monoisotopic (exact) mass is 809 g/mol. The molecule has 0 aromatic heterocycles. The van der Waals surface area contributed by atoms with Crippen LogP contribution >= 0.6 is 0 Å². The molecule has 6 unspecified atom stereocenters. The number of nitrogens with two attached hydrogens (primary N) is 2. The highest BCUT2D eigenvalue weighted by atomic mass is 16.5. The normalized spacial score (nSPS) is 16.6. The molecular formula is C43H87BN7O6. The Morgan fingerprint density at radius 3 is 1.84 bits per heavy atom. The van der Waals surface area contributed by atoms with E-state index in [1.165, 1.54) is 32.6 Å². The van der Waals surface area contributed by atoms with Gasteiger partial charge in [0.2, 0.25) is 0 Å². The molecule has 2 saturated heterocycles. The van der Waals surface area contributed by atoms with Gasteiger partial charge in [-0.15, -0.1) is 0 Å². The standard InChI is InChI=1S/C10H15N3O.C10H19NO2.C7H15NO.C6H11NO2.C4H8B.C3H8.C2H6.CH5N/c1-12-9(10(14)13-11)7-8-5-3-2-4-6-8;1-8(7-12)10(13-3)9-5-4-6-11(9)2;1-6(2)7(5-9)8(3)4;1-7-5-6(9)3-2-4-8;1-2-4-3-5-4;1-3-2;2*1-2/h2-6,9,12H,7,11H2,1H3,(H,13,14);7-10H,4-6H2,1-3H3;5-7H,1-4H3;4,7H,2-3,5H2,1H3;4H,2-3H2,1H3;3H2,1-2H3;1-2H3;2H2,1H3. The number of nitrogens with one attached hydrogen (secondary N) is 3. The van der Waals surface area contributed by atoms with Crippen LogP contribution in [0.3, 0.4) is 0 Å². The van der Waals surface area contributed by atoms with Crippen LogP contribution in [0.25, 0.3) is 0 Å². The van der Waals surface area contributed by atoms with Gasteiger partial charge in [0.25, 0.3) is 5.91 Å². The summed E-state index contributed by atoms with van der Waals surface area (Å²) in [5.74, 6) is 6.37. The van der Waals surface area contributed by atoms with Crippen molar-refractivity contribution >= 4 is 37.8 Å². The molecule has 0 saturated carbocycles. The number of likely N-dealkylation sites (N-methyl/N-ethyl adjacent to an activating group) is 4. The summed E-state index contributed by atoms with van der Waals surface area (Å²) < 4.78 is 5.38. The van der Waals surface area contributed by atoms with Crippen molar-refractivity contribution in [1.82, 2.24) is 25.9 Å². The van der Waals surface area contributed by atoms with Gasteiger partial charge in [0, 0.05) is 31.9 Å². The van der Waals surface area contributed by atoms with Crippen LogP contribution in [0.5, 0.6) is 0 Å². The maximum absolute atomic E-state index is 11.2. The zero-order valence-electron chi connectivity index (χ0n) is 38.8. The molecule has 2 fully saturated rings. The fourth-order valence-corrected chi connectivity index (χ4v) is 5.24. The fraction of sp³-hybridized carbons (Fsp3) is 0.744. The van der Waals surface area contributed by atoms with Crippen molar-refractivity contribution < 1.29 is 28.7 Å². The second kappa shape index (κ2) is 45.9. The van der Waals surface area contributed by atoms with Crippen LogP contribution in [-0.4, -0.2) is 134 Å². The summed E-state index contributed by atoms with van der Waals surface area (Å²) >= 11 is 0. The predicted molar refractivity (Wildman–Crippen MR) is 242 cm³/mol. The van der Waals surface area contributed by atoms with Crippen molar-refractivity contribution in [2.24, 2.45) is 23.4 Å². The van der Waals surface area contributed by atoms with E-state index in [9.17, 15) is 24.0 Å². The zero-order valence-corrected chi connectivity index (χ0v) is 38.8. The second-order valence-corrected chi connectivity index (χ2v) is 13.9. The Labute approximate surface area is 350 Å². The Kier molecular flexibility index (Phi) is 50.9. The molecule has 0 bridgehead atoms. The third-order valence-corrected chi connectivity index (χ3v) is 8.48. The molecule has 1 amide bonds. The van der Waals surface area contributed by atoms with Crippen LogP contribution in [0, 0.1) is 11.8 Å². The van der Waals surface area contributed by atoms with Gasteiger partial charge in [-0.1, -0.05) is 111 Å². The van der Waals surface area contributed by atoms with E-state index in [1.807, 2.05) is 83.9 Å². The van der Waals surface area contributed by atoms with Crippen LogP contribution in [0.2, 0.25) is 12.1 Å². The van der Waals surface area contributed by atoms with Crippen LogP contribution in [0.15, 0.2) is 30.3 Å². The molecule has 2 heterocycles. The van der Waals surface area contributed by atoms with Crippen LogP contribution < -0.4 is 27.6 Å². The number of benzene rings is 1. The number of aldehydes is 3. The Bertz CT molecular complexity index is 1040. The first-order valence-electron chi connectivity index (χ1n) is 20.8. The number of carbonyl (C=O) groups excluding carboxylic acids is 5. The average molecular weight is 809 g/mol. The van der Waals surface area contributed by atoms with Gasteiger partial charge in [-0.3, -0.25) is 19.9 Å². The van der Waals surface area contributed by atoms with Crippen molar-refractivity contribution in [2.75, 3.05) is 62.5 Å². The number of methoxy groups -OCH3 is 1. The zero-order chi connectivity index (χ0) is 45.2. The molecule has 333 valence electrons. The quantitative estimate of drug-likeness (QED) is 0.0485. The molecule has 14 heteroatoms. The van der Waals surface area contributed by atoms with Gasteiger partial charge in [0.05, 0.1) is 24.7 Å². The first-order valence-corrected chi connectivity index (χ1v) is 20.8. The Hall–Kier alpha value is -2.85. The first kappa shape index (κ1) is 63.3. The summed E-state index contributed by atoms with van der Waals surface area (Å²) in [6.07, 6.45) is 10.5. The number of likely N-dealkylation sites (tertiary alicyclic amines) is 1. The molecule has 2 aliphatic heterocycles. The van der Waals surface area contributed by atoms with Crippen molar-refractivity contribution in [3.05, 3.63) is 35.9 Å². The first-order chi connectivity index (χ1) is 27.2. The van der Waals surface area contributed by atoms with Crippen molar-refractivity contribution in [3.63, 3.8) is 0 Å². The third-order valence-electron chi connectivity index (χ3n) is 8.48. The summed E-state index contributed by atoms with van der Waals surface area (Å²) in [7, 11) is 14.9. The maximum atomic E-state index is 11.2. The Morgan fingerprint density at radius 1 is 1.02 bits per heavy atom. The summed E-state index contributed by atoms with van der Waals surface area (Å²) in [6, 6.07) is 10.0. The second-order valence-electron chi connectivity index (χ2n) is 13.9. The summed E-state index contributed by atoms with van der Waals surface area (Å²) in [4.78, 5) is 56.8. The molecule has 13 nitrogen and oxygen atoms in total. The molecular weight excluding hydrogens is 721 g/mol. The largest absolute Gasteiger partial charge is 0.379 e. The van der Waals surface area contributed by atoms with Crippen LogP contribution in [-0.2, 0) is 35.1 Å². The third kappa shape index (κ3) is 37.2. The van der Waals surface area contributed by atoms with Crippen LogP contribution in [0.1, 0.15) is 99.5 Å². The van der Waals surface area contributed by atoms with Gasteiger partial charge in [0.15, 0.2) is 0 Å². The summed E-state index contributed by atoms with van der Waals surface area (Å²) in [5, 5.41) is 5.62. The SMILES string of the molecule is CC.CC(C)C(C=O)N(C)C.CCC.CCC1[B]C1.CN.CNC(Cc1ccccc1)C(=O)NN.CNCC(=O)CCC=O.COC(C(C)C=O)C1CCCN1C. The van der Waals surface area contributed by atoms with E-state index in [1.54, 1.807) is 21.2 Å². The molecule has 2 aliphatic rings. The van der Waals surface area contributed by atoms with Gasteiger partial charge in [-0.25, -0.2) is 5.84 Å². The lowest BCUT2D eigenvalue weighted by atomic mass is 9.97. The molecule has 57 heavy (non-hydrogen) atoms. The number of hydrogen-bond donors (Lipinski definition) is 5. The van der Waals surface area contributed by atoms with E-state index in [-0.39, 0.29) is 35.8 Å². The van der Waals surface area contributed by atoms with Gasteiger partial charge in [-0.05, 0) is 79.6 Å². The van der Waals surface area contributed by atoms with E-state index < -0.39 is 0 Å². The Morgan fingerprint density at radius 2 is 1.56 bits per heavy atom. The van der Waals surface area contributed by atoms with Gasteiger partial charge < -0.3 is 40.4 Å². The summed E-state index contributed by atoms with van der Waals surface area (Å²) in [6.45, 7) is 18.0. The van der Waals surface area contributed by atoms with Crippen molar-refractivity contribution in [2.45, 2.75) is 137 Å². The van der Waals surface area contributed by atoms with Crippen molar-refractivity contribution in [1.29, 1.82) is 0 Å². The van der Waals surface area contributed by atoms with E-state index >= 15 is 0 Å². The fourth-order valence-electron chi connectivity index (χ4n) is 5.24. The number of Topliss-reactive ketones (excluding diaryl/α,β-unsaturated/α-hetero) is 1.